The molecule has 0 bridgehead atoms. The number of aromatic nitrogens is 2. The van der Waals surface area contributed by atoms with Crippen LogP contribution in [0.15, 0.2) is 30.3 Å². The third-order valence-corrected chi connectivity index (χ3v) is 2.69. The maximum absolute atomic E-state index is 13.5. The third-order valence-electron chi connectivity index (χ3n) is 2.69. The molecule has 0 spiro atoms. The van der Waals surface area contributed by atoms with E-state index in [0.29, 0.717) is 23.9 Å². The summed E-state index contributed by atoms with van der Waals surface area (Å²) in [6, 6.07) is 8.80. The highest BCUT2D eigenvalue weighted by molar-refractivity contribution is 5.43. The summed E-state index contributed by atoms with van der Waals surface area (Å²) in [6.45, 7) is 6.35. The number of anilines is 2. The second-order valence-corrected chi connectivity index (χ2v) is 4.96. The highest BCUT2D eigenvalue weighted by Crippen LogP contribution is 2.13. The lowest BCUT2D eigenvalue weighted by molar-refractivity contribution is 0.613. The molecule has 106 valence electrons. The standard InChI is InChI=1S/C15H19FN4/c1-10(2)18-15-19-11(3)8-14(20-15)17-9-12-6-4-5-7-13(12)16/h4-8,10H,9H2,1-3H3,(H2,17,18,19,20). The zero-order valence-corrected chi connectivity index (χ0v) is 11.9. The van der Waals surface area contributed by atoms with Crippen LogP contribution in [0.1, 0.15) is 25.1 Å². The maximum atomic E-state index is 13.5. The Morgan fingerprint density at radius 1 is 1.20 bits per heavy atom. The summed E-state index contributed by atoms with van der Waals surface area (Å²) in [5.74, 6) is 1.05. The van der Waals surface area contributed by atoms with E-state index in [4.69, 9.17) is 0 Å². The minimum atomic E-state index is -0.216. The minimum Gasteiger partial charge on any atom is -0.366 e. The van der Waals surface area contributed by atoms with Crippen molar-refractivity contribution in [1.29, 1.82) is 0 Å². The van der Waals surface area contributed by atoms with Crippen LogP contribution in [0.5, 0.6) is 0 Å². The van der Waals surface area contributed by atoms with Crippen LogP contribution in [0.3, 0.4) is 0 Å². The van der Waals surface area contributed by atoms with Gasteiger partial charge in [0.2, 0.25) is 5.95 Å². The molecule has 1 heterocycles. The van der Waals surface area contributed by atoms with E-state index < -0.39 is 0 Å². The van der Waals surface area contributed by atoms with Crippen LogP contribution in [0.25, 0.3) is 0 Å². The number of nitrogens with zero attached hydrogens (tertiary/aromatic N) is 2. The second-order valence-electron chi connectivity index (χ2n) is 4.96. The lowest BCUT2D eigenvalue weighted by atomic mass is 10.2. The van der Waals surface area contributed by atoms with Crippen LogP contribution < -0.4 is 10.6 Å². The zero-order chi connectivity index (χ0) is 14.5. The Labute approximate surface area is 118 Å². The summed E-state index contributed by atoms with van der Waals surface area (Å²) in [5, 5.41) is 6.28. The van der Waals surface area contributed by atoms with E-state index in [2.05, 4.69) is 20.6 Å². The Kier molecular flexibility index (Phi) is 4.50. The number of hydrogen-bond donors (Lipinski definition) is 2. The van der Waals surface area contributed by atoms with Crippen molar-refractivity contribution in [2.24, 2.45) is 0 Å². The fourth-order valence-corrected chi connectivity index (χ4v) is 1.81. The van der Waals surface area contributed by atoms with Gasteiger partial charge >= 0.3 is 0 Å². The molecule has 4 nitrogen and oxygen atoms in total. The molecule has 0 aliphatic heterocycles. The van der Waals surface area contributed by atoms with E-state index in [-0.39, 0.29) is 11.9 Å². The molecule has 0 aliphatic rings. The van der Waals surface area contributed by atoms with Gasteiger partial charge in [0.15, 0.2) is 0 Å². The SMILES string of the molecule is Cc1cc(NCc2ccccc2F)nc(NC(C)C)n1. The van der Waals surface area contributed by atoms with E-state index in [1.165, 1.54) is 6.07 Å². The number of rotatable bonds is 5. The summed E-state index contributed by atoms with van der Waals surface area (Å²) in [6.07, 6.45) is 0. The number of benzene rings is 1. The molecule has 1 aromatic heterocycles. The lowest BCUT2D eigenvalue weighted by Gasteiger charge is -2.12. The molecule has 1 aromatic carbocycles. The quantitative estimate of drug-likeness (QED) is 0.877. The van der Waals surface area contributed by atoms with Gasteiger partial charge in [-0.3, -0.25) is 0 Å². The van der Waals surface area contributed by atoms with Gasteiger partial charge in [-0.2, -0.15) is 4.98 Å². The molecule has 0 fully saturated rings. The first-order chi connectivity index (χ1) is 9.54. The van der Waals surface area contributed by atoms with Crippen molar-refractivity contribution >= 4 is 11.8 Å². The first-order valence-corrected chi connectivity index (χ1v) is 6.64. The van der Waals surface area contributed by atoms with Crippen LogP contribution in [0, 0.1) is 12.7 Å². The van der Waals surface area contributed by atoms with Gasteiger partial charge < -0.3 is 10.6 Å². The van der Waals surface area contributed by atoms with Gasteiger partial charge in [-0.05, 0) is 26.8 Å². The van der Waals surface area contributed by atoms with Crippen LogP contribution in [-0.4, -0.2) is 16.0 Å². The Hall–Kier alpha value is -2.17. The van der Waals surface area contributed by atoms with Crippen molar-refractivity contribution in [2.45, 2.75) is 33.4 Å². The van der Waals surface area contributed by atoms with Crippen LogP contribution >= 0.6 is 0 Å². The molecule has 0 aliphatic carbocycles. The van der Waals surface area contributed by atoms with Crippen molar-refractivity contribution in [3.63, 3.8) is 0 Å². The molecule has 2 rings (SSSR count). The molecule has 5 heteroatoms. The molecule has 2 aromatic rings. The Morgan fingerprint density at radius 3 is 2.65 bits per heavy atom. The lowest BCUT2D eigenvalue weighted by Crippen LogP contribution is -2.14. The van der Waals surface area contributed by atoms with Gasteiger partial charge in [0.05, 0.1) is 0 Å². The molecule has 20 heavy (non-hydrogen) atoms. The fraction of sp³-hybridized carbons (Fsp3) is 0.333. The number of hydrogen-bond acceptors (Lipinski definition) is 4. The minimum absolute atomic E-state index is 0.216. The van der Waals surface area contributed by atoms with Crippen molar-refractivity contribution in [3.8, 4) is 0 Å². The van der Waals surface area contributed by atoms with Crippen LogP contribution in [0.4, 0.5) is 16.2 Å². The molecule has 2 N–H and O–H groups in total. The average Bonchev–Trinajstić information content (AvgIpc) is 2.36. The highest BCUT2D eigenvalue weighted by Gasteiger charge is 2.05. The first-order valence-electron chi connectivity index (χ1n) is 6.64. The molecular formula is C15H19FN4. The van der Waals surface area contributed by atoms with Crippen molar-refractivity contribution < 1.29 is 4.39 Å². The van der Waals surface area contributed by atoms with Crippen molar-refractivity contribution in [3.05, 3.63) is 47.4 Å². The zero-order valence-electron chi connectivity index (χ0n) is 11.9. The van der Waals surface area contributed by atoms with Gasteiger partial charge in [0, 0.05) is 29.9 Å². The molecule has 0 unspecified atom stereocenters. The van der Waals surface area contributed by atoms with Gasteiger partial charge in [0.1, 0.15) is 11.6 Å². The fourth-order valence-electron chi connectivity index (χ4n) is 1.81. The maximum Gasteiger partial charge on any atom is 0.225 e. The number of halogens is 1. The second kappa shape index (κ2) is 6.32. The molecule has 0 atom stereocenters. The largest absolute Gasteiger partial charge is 0.366 e. The number of nitrogens with one attached hydrogen (secondary N) is 2. The third kappa shape index (κ3) is 3.91. The van der Waals surface area contributed by atoms with Gasteiger partial charge in [0.25, 0.3) is 0 Å². The molecule has 0 saturated carbocycles. The predicted molar refractivity (Wildman–Crippen MR) is 79.3 cm³/mol. The smallest absolute Gasteiger partial charge is 0.225 e. The van der Waals surface area contributed by atoms with Crippen LogP contribution in [-0.2, 0) is 6.54 Å². The van der Waals surface area contributed by atoms with E-state index in [1.807, 2.05) is 32.9 Å². The summed E-state index contributed by atoms with van der Waals surface area (Å²) in [5.41, 5.74) is 1.47. The summed E-state index contributed by atoms with van der Waals surface area (Å²) in [7, 11) is 0. The van der Waals surface area contributed by atoms with Crippen LogP contribution in [0.2, 0.25) is 0 Å². The van der Waals surface area contributed by atoms with Crippen molar-refractivity contribution in [1.82, 2.24) is 9.97 Å². The summed E-state index contributed by atoms with van der Waals surface area (Å²) >= 11 is 0. The molecule has 0 saturated heterocycles. The monoisotopic (exact) mass is 274 g/mol. The predicted octanol–water partition coefficient (Wildman–Crippen LogP) is 3.36. The first kappa shape index (κ1) is 14.2. The molecular weight excluding hydrogens is 255 g/mol. The van der Waals surface area contributed by atoms with Gasteiger partial charge in [-0.15, -0.1) is 0 Å². The van der Waals surface area contributed by atoms with E-state index in [9.17, 15) is 4.39 Å². The van der Waals surface area contributed by atoms with Gasteiger partial charge in [-0.25, -0.2) is 9.37 Å². The topological polar surface area (TPSA) is 49.8 Å². The summed E-state index contributed by atoms with van der Waals surface area (Å²) in [4.78, 5) is 8.67. The highest BCUT2D eigenvalue weighted by atomic mass is 19.1. The Balaban J connectivity index is 2.09. The van der Waals surface area contributed by atoms with Gasteiger partial charge in [-0.1, -0.05) is 18.2 Å². The molecule has 0 radical (unpaired) electrons. The Bertz CT molecular complexity index is 584. The van der Waals surface area contributed by atoms with Crippen molar-refractivity contribution in [2.75, 3.05) is 10.6 Å². The number of aryl methyl sites for hydroxylation is 1. The molecule has 0 amide bonds. The Morgan fingerprint density at radius 2 is 1.95 bits per heavy atom. The van der Waals surface area contributed by atoms with E-state index in [0.717, 1.165) is 5.69 Å². The summed E-state index contributed by atoms with van der Waals surface area (Å²) < 4.78 is 13.5. The van der Waals surface area contributed by atoms with E-state index >= 15 is 0 Å². The normalized spacial score (nSPS) is 10.7. The average molecular weight is 274 g/mol. The van der Waals surface area contributed by atoms with E-state index in [1.54, 1.807) is 12.1 Å².